The third kappa shape index (κ3) is 2.45. The van der Waals surface area contributed by atoms with Crippen LogP contribution in [0.15, 0.2) is 12.1 Å². The molecule has 0 aromatic heterocycles. The van der Waals surface area contributed by atoms with Gasteiger partial charge in [0.15, 0.2) is 0 Å². The zero-order chi connectivity index (χ0) is 13.6. The lowest BCUT2D eigenvalue weighted by Crippen LogP contribution is -2.29. The highest BCUT2D eigenvalue weighted by molar-refractivity contribution is 5.40. The van der Waals surface area contributed by atoms with E-state index in [1.165, 1.54) is 36.0 Å². The average molecular weight is 257 g/mol. The minimum absolute atomic E-state index is 0.582. The van der Waals surface area contributed by atoms with Crippen molar-refractivity contribution in [1.82, 2.24) is 5.32 Å². The molecule has 2 fully saturated rings. The Bertz CT molecular complexity index is 444. The molecule has 1 aromatic carbocycles. The summed E-state index contributed by atoms with van der Waals surface area (Å²) in [5, 5.41) is 3.78. The van der Waals surface area contributed by atoms with E-state index in [0.717, 1.165) is 24.3 Å². The Morgan fingerprint density at radius 1 is 1.05 bits per heavy atom. The highest BCUT2D eigenvalue weighted by atomic mass is 14.9. The summed E-state index contributed by atoms with van der Waals surface area (Å²) in [7, 11) is 0. The molecule has 1 nitrogen and oxygen atoms in total. The molecule has 0 aliphatic heterocycles. The Balaban J connectivity index is 1.91. The van der Waals surface area contributed by atoms with Crippen molar-refractivity contribution in [2.45, 2.75) is 53.0 Å². The number of aryl methyl sites for hydroxylation is 3. The van der Waals surface area contributed by atoms with Gasteiger partial charge in [-0.25, -0.2) is 0 Å². The second kappa shape index (κ2) is 4.94. The fourth-order valence-corrected chi connectivity index (χ4v) is 4.44. The fraction of sp³-hybridized carbons (Fsp3) is 0.667. The highest BCUT2D eigenvalue weighted by Gasteiger charge is 2.48. The van der Waals surface area contributed by atoms with Gasteiger partial charge in [0.25, 0.3) is 0 Å². The third-order valence-corrected chi connectivity index (χ3v) is 5.22. The van der Waals surface area contributed by atoms with Gasteiger partial charge in [0.2, 0.25) is 0 Å². The van der Waals surface area contributed by atoms with E-state index in [2.05, 4.69) is 45.1 Å². The predicted octanol–water partition coefficient (Wildman–Crippen LogP) is 4.31. The number of fused-ring (bicyclic) bond motifs is 1. The van der Waals surface area contributed by atoms with Crippen LogP contribution in [0, 0.1) is 38.5 Å². The molecule has 0 radical (unpaired) electrons. The largest absolute Gasteiger partial charge is 0.310 e. The van der Waals surface area contributed by atoms with Crippen molar-refractivity contribution in [3.63, 3.8) is 0 Å². The number of hydrogen-bond acceptors (Lipinski definition) is 1. The molecule has 2 saturated carbocycles. The van der Waals surface area contributed by atoms with Gasteiger partial charge in [0.1, 0.15) is 0 Å². The molecule has 3 atom stereocenters. The Labute approximate surface area is 117 Å². The van der Waals surface area contributed by atoms with Crippen molar-refractivity contribution in [3.05, 3.63) is 34.4 Å². The molecule has 0 amide bonds. The van der Waals surface area contributed by atoms with E-state index in [-0.39, 0.29) is 0 Å². The van der Waals surface area contributed by atoms with Crippen LogP contribution in [0.1, 0.15) is 54.5 Å². The van der Waals surface area contributed by atoms with E-state index < -0.39 is 0 Å². The van der Waals surface area contributed by atoms with Crippen molar-refractivity contribution < 1.29 is 0 Å². The Morgan fingerprint density at radius 3 is 2.16 bits per heavy atom. The van der Waals surface area contributed by atoms with Crippen molar-refractivity contribution >= 4 is 0 Å². The zero-order valence-corrected chi connectivity index (χ0v) is 12.8. The van der Waals surface area contributed by atoms with Crippen LogP contribution in [-0.2, 0) is 0 Å². The number of benzene rings is 1. The van der Waals surface area contributed by atoms with Crippen LogP contribution in [0.4, 0.5) is 0 Å². The molecule has 1 heteroatoms. The lowest BCUT2D eigenvalue weighted by molar-refractivity contribution is 0.344. The summed E-state index contributed by atoms with van der Waals surface area (Å²) in [6.45, 7) is 10.1. The topological polar surface area (TPSA) is 12.0 Å². The van der Waals surface area contributed by atoms with Crippen molar-refractivity contribution in [2.24, 2.45) is 17.8 Å². The fourth-order valence-electron chi connectivity index (χ4n) is 4.44. The van der Waals surface area contributed by atoms with Crippen molar-refractivity contribution in [1.29, 1.82) is 0 Å². The molecule has 1 aromatic rings. The van der Waals surface area contributed by atoms with E-state index in [1.807, 2.05) is 0 Å². The minimum atomic E-state index is 0.582. The maximum atomic E-state index is 3.78. The lowest BCUT2D eigenvalue weighted by Gasteiger charge is -2.29. The number of rotatable bonds is 4. The standard InChI is InChI=1S/C18H27N/c1-5-19-18(16-9-14-8-15(14)10-16)17-12(3)6-11(2)7-13(17)4/h6-7,14-16,18-19H,5,8-10H2,1-4H3. The Kier molecular flexibility index (Phi) is 3.42. The van der Waals surface area contributed by atoms with E-state index >= 15 is 0 Å². The second-order valence-electron chi connectivity index (χ2n) is 6.84. The van der Waals surface area contributed by atoms with Crippen LogP contribution < -0.4 is 5.32 Å². The third-order valence-electron chi connectivity index (χ3n) is 5.22. The Hall–Kier alpha value is -0.820. The normalized spacial score (nSPS) is 30.2. The van der Waals surface area contributed by atoms with E-state index in [9.17, 15) is 0 Å². The highest BCUT2D eigenvalue weighted by Crippen LogP contribution is 2.57. The van der Waals surface area contributed by atoms with Gasteiger partial charge in [0.05, 0.1) is 0 Å². The molecule has 19 heavy (non-hydrogen) atoms. The molecule has 2 aliphatic carbocycles. The van der Waals surface area contributed by atoms with Gasteiger partial charge < -0.3 is 5.32 Å². The van der Waals surface area contributed by atoms with Gasteiger partial charge in [0, 0.05) is 6.04 Å². The quantitative estimate of drug-likeness (QED) is 0.847. The molecule has 0 saturated heterocycles. The molecule has 1 N–H and O–H groups in total. The van der Waals surface area contributed by atoms with Crippen molar-refractivity contribution in [3.8, 4) is 0 Å². The first kappa shape index (κ1) is 13.2. The first-order valence-electron chi connectivity index (χ1n) is 7.91. The number of hydrogen-bond donors (Lipinski definition) is 1. The maximum Gasteiger partial charge on any atom is 0.0354 e. The molecular weight excluding hydrogens is 230 g/mol. The van der Waals surface area contributed by atoms with Gasteiger partial charge in [-0.15, -0.1) is 0 Å². The predicted molar refractivity (Wildman–Crippen MR) is 81.4 cm³/mol. The molecule has 0 bridgehead atoms. The molecule has 2 aliphatic rings. The summed E-state index contributed by atoms with van der Waals surface area (Å²) in [5.41, 5.74) is 5.93. The average Bonchev–Trinajstić information content (AvgIpc) is 2.94. The maximum absolute atomic E-state index is 3.78. The van der Waals surface area contributed by atoms with Crippen LogP contribution in [0.25, 0.3) is 0 Å². The van der Waals surface area contributed by atoms with E-state index in [1.54, 1.807) is 5.56 Å². The first-order chi connectivity index (χ1) is 9.10. The minimum Gasteiger partial charge on any atom is -0.310 e. The van der Waals surface area contributed by atoms with Gasteiger partial charge in [-0.1, -0.05) is 24.6 Å². The summed E-state index contributed by atoms with van der Waals surface area (Å²) in [6.07, 6.45) is 4.42. The van der Waals surface area contributed by atoms with Gasteiger partial charge in [-0.2, -0.15) is 0 Å². The lowest BCUT2D eigenvalue weighted by atomic mass is 9.84. The summed E-state index contributed by atoms with van der Waals surface area (Å²) >= 11 is 0. The van der Waals surface area contributed by atoms with Crippen LogP contribution >= 0.6 is 0 Å². The summed E-state index contributed by atoms with van der Waals surface area (Å²) in [6, 6.07) is 5.28. The second-order valence-corrected chi connectivity index (χ2v) is 6.84. The summed E-state index contributed by atoms with van der Waals surface area (Å²) < 4.78 is 0. The van der Waals surface area contributed by atoms with Crippen LogP contribution in [-0.4, -0.2) is 6.54 Å². The molecule has 0 spiro atoms. The monoisotopic (exact) mass is 257 g/mol. The van der Waals surface area contributed by atoms with Crippen molar-refractivity contribution in [2.75, 3.05) is 6.54 Å². The van der Waals surface area contributed by atoms with Crippen LogP contribution in [0.5, 0.6) is 0 Å². The van der Waals surface area contributed by atoms with Gasteiger partial charge in [-0.05, 0) is 81.0 Å². The number of nitrogens with one attached hydrogen (secondary N) is 1. The van der Waals surface area contributed by atoms with Crippen LogP contribution in [0.2, 0.25) is 0 Å². The molecule has 3 rings (SSSR count). The van der Waals surface area contributed by atoms with Gasteiger partial charge >= 0.3 is 0 Å². The van der Waals surface area contributed by atoms with Gasteiger partial charge in [-0.3, -0.25) is 0 Å². The molecule has 104 valence electrons. The summed E-state index contributed by atoms with van der Waals surface area (Å²) in [4.78, 5) is 0. The molecule has 3 unspecified atom stereocenters. The Morgan fingerprint density at radius 2 is 1.63 bits per heavy atom. The molecular formula is C18H27N. The van der Waals surface area contributed by atoms with E-state index in [0.29, 0.717) is 6.04 Å². The smallest absolute Gasteiger partial charge is 0.0354 e. The SMILES string of the molecule is CCNC(c1c(C)cc(C)cc1C)C1CC2CC2C1. The zero-order valence-electron chi connectivity index (χ0n) is 12.8. The summed E-state index contributed by atoms with van der Waals surface area (Å²) in [5.74, 6) is 3.00. The van der Waals surface area contributed by atoms with Crippen LogP contribution in [0.3, 0.4) is 0 Å². The van der Waals surface area contributed by atoms with E-state index in [4.69, 9.17) is 0 Å². The first-order valence-corrected chi connectivity index (χ1v) is 7.91. The molecule has 0 heterocycles.